The average molecular weight is 297 g/mol. The normalized spacial score (nSPS) is 18.2. The predicted octanol–water partition coefficient (Wildman–Crippen LogP) is -1.40. The van der Waals surface area contributed by atoms with Crippen LogP contribution in [0.2, 0.25) is 0 Å². The molecule has 21 heavy (non-hydrogen) atoms. The molecule has 1 atom stereocenters. The fourth-order valence-electron chi connectivity index (χ4n) is 2.01. The number of rotatable bonds is 5. The van der Waals surface area contributed by atoms with Gasteiger partial charge in [-0.1, -0.05) is 5.16 Å². The minimum Gasteiger partial charge on any atom is -0.481 e. The molecule has 1 aliphatic rings. The van der Waals surface area contributed by atoms with Crippen LogP contribution >= 0.6 is 0 Å². The summed E-state index contributed by atoms with van der Waals surface area (Å²) in [7, 11) is 0. The van der Waals surface area contributed by atoms with Crippen LogP contribution in [0.5, 0.6) is 0 Å². The molecule has 2 heterocycles. The maximum atomic E-state index is 12.0. The van der Waals surface area contributed by atoms with Gasteiger partial charge < -0.3 is 25.2 Å². The standard InChI is InChI=1S/C11H15N5O5/c17-9(18)5-7-10(19)12-3-4-16(7)11(20)13-2-1-8-14-6-15-21-8/h6-7H,1-5H2,(H,12,19)(H,13,20)(H,17,18). The van der Waals surface area contributed by atoms with E-state index in [2.05, 4.69) is 20.8 Å². The van der Waals surface area contributed by atoms with Crippen molar-refractivity contribution in [1.82, 2.24) is 25.7 Å². The van der Waals surface area contributed by atoms with Crippen LogP contribution in [0.1, 0.15) is 12.3 Å². The first kappa shape index (κ1) is 14.8. The molecule has 10 nitrogen and oxygen atoms in total. The van der Waals surface area contributed by atoms with Gasteiger partial charge >= 0.3 is 12.0 Å². The van der Waals surface area contributed by atoms with Crippen molar-refractivity contribution < 1.29 is 24.0 Å². The SMILES string of the molecule is O=C(O)CC1C(=O)NCCN1C(=O)NCCc1ncno1. The van der Waals surface area contributed by atoms with Gasteiger partial charge in [0.2, 0.25) is 11.8 Å². The van der Waals surface area contributed by atoms with E-state index in [1.54, 1.807) is 0 Å². The number of carbonyl (C=O) groups is 3. The lowest BCUT2D eigenvalue weighted by Gasteiger charge is -2.34. The van der Waals surface area contributed by atoms with Gasteiger partial charge in [-0.15, -0.1) is 0 Å². The molecule has 1 fully saturated rings. The van der Waals surface area contributed by atoms with Gasteiger partial charge in [0, 0.05) is 26.1 Å². The van der Waals surface area contributed by atoms with Crippen LogP contribution in [0.25, 0.3) is 0 Å². The van der Waals surface area contributed by atoms with Crippen molar-refractivity contribution in [2.24, 2.45) is 0 Å². The smallest absolute Gasteiger partial charge is 0.318 e. The zero-order valence-corrected chi connectivity index (χ0v) is 11.1. The number of carbonyl (C=O) groups excluding carboxylic acids is 2. The topological polar surface area (TPSA) is 138 Å². The highest BCUT2D eigenvalue weighted by Gasteiger charge is 2.34. The van der Waals surface area contributed by atoms with Gasteiger partial charge in [0.25, 0.3) is 0 Å². The molecule has 0 bridgehead atoms. The third-order valence-electron chi connectivity index (χ3n) is 2.98. The maximum Gasteiger partial charge on any atom is 0.318 e. The first-order valence-corrected chi connectivity index (χ1v) is 6.37. The van der Waals surface area contributed by atoms with Crippen molar-refractivity contribution in [3.05, 3.63) is 12.2 Å². The van der Waals surface area contributed by atoms with Crippen LogP contribution in [0.3, 0.4) is 0 Å². The Bertz CT molecular complexity index is 517. The van der Waals surface area contributed by atoms with Crippen LogP contribution in [0.4, 0.5) is 4.79 Å². The predicted molar refractivity (Wildman–Crippen MR) is 67.2 cm³/mol. The third kappa shape index (κ3) is 3.91. The molecule has 0 aliphatic carbocycles. The number of piperazine rings is 1. The molecule has 3 N–H and O–H groups in total. The van der Waals surface area contributed by atoms with E-state index < -0.39 is 30.4 Å². The van der Waals surface area contributed by atoms with Crippen LogP contribution in [0, 0.1) is 0 Å². The molecule has 114 valence electrons. The van der Waals surface area contributed by atoms with Gasteiger partial charge in [-0.05, 0) is 0 Å². The van der Waals surface area contributed by atoms with Crippen LogP contribution in [-0.4, -0.2) is 63.7 Å². The monoisotopic (exact) mass is 297 g/mol. The lowest BCUT2D eigenvalue weighted by atomic mass is 10.1. The molecule has 2 rings (SSSR count). The van der Waals surface area contributed by atoms with Gasteiger partial charge in [0.05, 0.1) is 6.42 Å². The summed E-state index contributed by atoms with van der Waals surface area (Å²) in [6.07, 6.45) is 1.19. The van der Waals surface area contributed by atoms with Crippen molar-refractivity contribution in [1.29, 1.82) is 0 Å². The Hall–Kier alpha value is -2.65. The third-order valence-corrected chi connectivity index (χ3v) is 2.98. The van der Waals surface area contributed by atoms with E-state index in [-0.39, 0.29) is 13.1 Å². The van der Waals surface area contributed by atoms with Crippen molar-refractivity contribution in [2.75, 3.05) is 19.6 Å². The highest BCUT2D eigenvalue weighted by molar-refractivity contribution is 5.91. The maximum absolute atomic E-state index is 12.0. The van der Waals surface area contributed by atoms with Gasteiger partial charge in [0.1, 0.15) is 6.04 Å². The summed E-state index contributed by atoms with van der Waals surface area (Å²) in [4.78, 5) is 39.5. The Kier molecular flexibility index (Phi) is 4.69. The van der Waals surface area contributed by atoms with Crippen molar-refractivity contribution in [3.63, 3.8) is 0 Å². The quantitative estimate of drug-likeness (QED) is 0.607. The second-order valence-corrected chi connectivity index (χ2v) is 4.42. The number of carboxylic acid groups (broad SMARTS) is 1. The van der Waals surface area contributed by atoms with Gasteiger partial charge in [-0.2, -0.15) is 4.98 Å². The molecule has 1 unspecified atom stereocenters. The first-order chi connectivity index (χ1) is 10.1. The second kappa shape index (κ2) is 6.68. The molecule has 0 aromatic carbocycles. The molecule has 1 aliphatic heterocycles. The summed E-state index contributed by atoms with van der Waals surface area (Å²) in [5, 5.41) is 17.4. The number of aromatic nitrogens is 2. The Morgan fingerprint density at radius 1 is 1.57 bits per heavy atom. The Labute approximate surface area is 119 Å². The lowest BCUT2D eigenvalue weighted by Crippen LogP contribution is -2.60. The van der Waals surface area contributed by atoms with Gasteiger partial charge in [-0.3, -0.25) is 9.59 Å². The molecular weight excluding hydrogens is 282 g/mol. The second-order valence-electron chi connectivity index (χ2n) is 4.42. The summed E-state index contributed by atoms with van der Waals surface area (Å²) in [5.41, 5.74) is 0. The number of amides is 3. The molecule has 0 spiro atoms. The number of carboxylic acids is 1. The Morgan fingerprint density at radius 2 is 2.38 bits per heavy atom. The van der Waals surface area contributed by atoms with Crippen LogP contribution in [-0.2, 0) is 16.0 Å². The lowest BCUT2D eigenvalue weighted by molar-refractivity contribution is -0.142. The van der Waals surface area contributed by atoms with E-state index in [1.165, 1.54) is 11.2 Å². The van der Waals surface area contributed by atoms with E-state index in [1.807, 2.05) is 0 Å². The largest absolute Gasteiger partial charge is 0.481 e. The fraction of sp³-hybridized carbons (Fsp3) is 0.545. The minimum atomic E-state index is -1.14. The summed E-state index contributed by atoms with van der Waals surface area (Å²) < 4.78 is 4.78. The summed E-state index contributed by atoms with van der Waals surface area (Å²) in [5.74, 6) is -1.22. The Morgan fingerprint density at radius 3 is 3.05 bits per heavy atom. The number of nitrogens with one attached hydrogen (secondary N) is 2. The van der Waals surface area contributed by atoms with Crippen molar-refractivity contribution in [3.8, 4) is 0 Å². The zero-order valence-electron chi connectivity index (χ0n) is 11.1. The summed E-state index contributed by atoms with van der Waals surface area (Å²) in [6.45, 7) is 0.807. The van der Waals surface area contributed by atoms with E-state index >= 15 is 0 Å². The molecule has 1 aromatic heterocycles. The number of hydrogen-bond acceptors (Lipinski definition) is 6. The number of nitrogens with zero attached hydrogens (tertiary/aromatic N) is 3. The molecule has 1 saturated heterocycles. The fourth-order valence-corrected chi connectivity index (χ4v) is 2.01. The molecule has 3 amide bonds. The number of urea groups is 1. The van der Waals surface area contributed by atoms with Crippen LogP contribution in [0.15, 0.2) is 10.9 Å². The molecular formula is C11H15N5O5. The zero-order chi connectivity index (χ0) is 15.2. The molecule has 1 aromatic rings. The van der Waals surface area contributed by atoms with E-state index in [4.69, 9.17) is 9.63 Å². The van der Waals surface area contributed by atoms with Gasteiger partial charge in [-0.25, -0.2) is 4.79 Å². The molecule has 10 heteroatoms. The Balaban J connectivity index is 1.88. The summed E-state index contributed by atoms with van der Waals surface area (Å²) >= 11 is 0. The average Bonchev–Trinajstić information content (AvgIpc) is 2.93. The van der Waals surface area contributed by atoms with E-state index in [0.29, 0.717) is 18.9 Å². The van der Waals surface area contributed by atoms with E-state index in [0.717, 1.165) is 0 Å². The van der Waals surface area contributed by atoms with Crippen LogP contribution < -0.4 is 10.6 Å². The van der Waals surface area contributed by atoms with Crippen molar-refractivity contribution >= 4 is 17.9 Å². The molecule has 0 saturated carbocycles. The number of hydrogen-bond donors (Lipinski definition) is 3. The highest BCUT2D eigenvalue weighted by atomic mass is 16.5. The van der Waals surface area contributed by atoms with Crippen molar-refractivity contribution in [2.45, 2.75) is 18.9 Å². The minimum absolute atomic E-state index is 0.249. The first-order valence-electron chi connectivity index (χ1n) is 6.37. The number of aliphatic carboxylic acids is 1. The van der Waals surface area contributed by atoms with E-state index in [9.17, 15) is 14.4 Å². The van der Waals surface area contributed by atoms with Gasteiger partial charge in [0.15, 0.2) is 6.33 Å². The highest BCUT2D eigenvalue weighted by Crippen LogP contribution is 2.09. The molecule has 0 radical (unpaired) electrons. The summed E-state index contributed by atoms with van der Waals surface area (Å²) in [6, 6.07) is -1.49.